The van der Waals surface area contributed by atoms with Crippen LogP contribution in [0, 0.1) is 3.57 Å². The molecule has 0 saturated carbocycles. The Kier molecular flexibility index (Phi) is 7.83. The summed E-state index contributed by atoms with van der Waals surface area (Å²) in [5, 5.41) is 5.92. The van der Waals surface area contributed by atoms with Crippen LogP contribution in [0.1, 0.15) is 10.4 Å². The Morgan fingerprint density at radius 1 is 0.862 bits per heavy atom. The van der Waals surface area contributed by atoms with Crippen molar-refractivity contribution in [1.29, 1.82) is 0 Å². The fourth-order valence-corrected chi connectivity index (χ4v) is 3.33. The highest BCUT2D eigenvalue weighted by atomic mass is 127. The zero-order valence-electron chi connectivity index (χ0n) is 15.4. The van der Waals surface area contributed by atoms with Crippen molar-refractivity contribution in [1.82, 2.24) is 5.32 Å². The van der Waals surface area contributed by atoms with E-state index in [0.717, 1.165) is 9.32 Å². The van der Waals surface area contributed by atoms with E-state index < -0.39 is 0 Å². The van der Waals surface area contributed by atoms with Crippen LogP contribution < -0.4 is 20.1 Å². The van der Waals surface area contributed by atoms with Gasteiger partial charge in [-0.05, 0) is 71.2 Å². The molecule has 0 aliphatic heterocycles. The van der Waals surface area contributed by atoms with Gasteiger partial charge in [0.2, 0.25) is 0 Å². The molecule has 0 radical (unpaired) electrons. The van der Waals surface area contributed by atoms with Gasteiger partial charge >= 0.3 is 0 Å². The number of thiocarbonyl (C=S) groups is 1. The zero-order valence-corrected chi connectivity index (χ0v) is 18.4. The van der Waals surface area contributed by atoms with Crippen LogP contribution in [-0.4, -0.2) is 24.2 Å². The summed E-state index contributed by atoms with van der Waals surface area (Å²) in [5.41, 5.74) is 1.24. The van der Waals surface area contributed by atoms with Crippen molar-refractivity contribution >= 4 is 51.5 Å². The van der Waals surface area contributed by atoms with E-state index in [9.17, 15) is 4.79 Å². The van der Waals surface area contributed by atoms with E-state index >= 15 is 0 Å². The first kappa shape index (κ1) is 21.1. The number of halogens is 1. The van der Waals surface area contributed by atoms with Gasteiger partial charge in [-0.1, -0.05) is 42.5 Å². The van der Waals surface area contributed by atoms with E-state index in [1.807, 2.05) is 72.8 Å². The summed E-state index contributed by atoms with van der Waals surface area (Å²) in [4.78, 5) is 12.4. The molecule has 2 N–H and O–H groups in total. The van der Waals surface area contributed by atoms with Crippen molar-refractivity contribution in [3.8, 4) is 11.5 Å². The molecule has 1 amide bonds. The van der Waals surface area contributed by atoms with Gasteiger partial charge in [-0.15, -0.1) is 0 Å². The van der Waals surface area contributed by atoms with Crippen molar-refractivity contribution in [3.05, 3.63) is 88.0 Å². The molecule has 0 aliphatic rings. The third-order valence-electron chi connectivity index (χ3n) is 3.83. The Bertz CT molecular complexity index is 983. The first-order valence-corrected chi connectivity index (χ1v) is 10.4. The Labute approximate surface area is 188 Å². The van der Waals surface area contributed by atoms with Gasteiger partial charge in [-0.3, -0.25) is 10.1 Å². The molecule has 0 fully saturated rings. The Morgan fingerprint density at radius 2 is 1.52 bits per heavy atom. The monoisotopic (exact) mass is 518 g/mol. The SMILES string of the molecule is O=C(NC(=S)Nc1ccccc1OCCOc1ccccc1)c1ccccc1I. The molecular formula is C22H19IN2O3S. The second kappa shape index (κ2) is 10.8. The number of carbonyl (C=O) groups excluding carboxylic acids is 1. The first-order chi connectivity index (χ1) is 14.1. The molecule has 0 bridgehead atoms. The van der Waals surface area contributed by atoms with Crippen LogP contribution in [0.15, 0.2) is 78.9 Å². The van der Waals surface area contributed by atoms with Gasteiger partial charge in [0.05, 0.1) is 11.3 Å². The molecular weight excluding hydrogens is 499 g/mol. The number of anilines is 1. The van der Waals surface area contributed by atoms with Gasteiger partial charge in [0, 0.05) is 3.57 Å². The number of hydrogen-bond donors (Lipinski definition) is 2. The Balaban J connectivity index is 1.53. The van der Waals surface area contributed by atoms with Crippen LogP contribution >= 0.6 is 34.8 Å². The quantitative estimate of drug-likeness (QED) is 0.266. The van der Waals surface area contributed by atoms with Crippen LogP contribution in [0.4, 0.5) is 5.69 Å². The highest BCUT2D eigenvalue weighted by Crippen LogP contribution is 2.23. The summed E-state index contributed by atoms with van der Waals surface area (Å²) in [6.45, 7) is 0.779. The molecule has 3 aromatic carbocycles. The fraction of sp³-hybridized carbons (Fsp3) is 0.0909. The van der Waals surface area contributed by atoms with E-state index in [1.54, 1.807) is 6.07 Å². The maximum absolute atomic E-state index is 12.4. The van der Waals surface area contributed by atoms with E-state index in [1.165, 1.54) is 0 Å². The lowest BCUT2D eigenvalue weighted by Gasteiger charge is -2.15. The van der Waals surface area contributed by atoms with Gasteiger partial charge in [0.25, 0.3) is 5.91 Å². The molecule has 0 aromatic heterocycles. The number of hydrogen-bond acceptors (Lipinski definition) is 4. The molecule has 7 heteroatoms. The molecule has 3 aromatic rings. The van der Waals surface area contributed by atoms with Gasteiger partial charge in [-0.25, -0.2) is 0 Å². The number of benzene rings is 3. The Hall–Kier alpha value is -2.65. The summed E-state index contributed by atoms with van der Waals surface area (Å²) in [6.07, 6.45) is 0. The number of para-hydroxylation sites is 3. The standard InChI is InChI=1S/C22H19IN2O3S/c23-18-11-5-4-10-17(18)21(26)25-22(29)24-19-12-6-7-13-20(19)28-15-14-27-16-8-2-1-3-9-16/h1-13H,14-15H2,(H2,24,25,26,29). The van der Waals surface area contributed by atoms with Crippen LogP contribution in [0.25, 0.3) is 0 Å². The van der Waals surface area contributed by atoms with Crippen LogP contribution in [-0.2, 0) is 0 Å². The summed E-state index contributed by atoms with van der Waals surface area (Å²) < 4.78 is 12.3. The molecule has 0 unspecified atom stereocenters. The predicted octanol–water partition coefficient (Wildman–Crippen LogP) is 4.88. The summed E-state index contributed by atoms with van der Waals surface area (Å²) in [6, 6.07) is 24.3. The minimum atomic E-state index is -0.262. The lowest BCUT2D eigenvalue weighted by molar-refractivity contribution is 0.0977. The van der Waals surface area contributed by atoms with Gasteiger partial charge in [-0.2, -0.15) is 0 Å². The summed E-state index contributed by atoms with van der Waals surface area (Å²) in [7, 11) is 0. The molecule has 0 heterocycles. The average molecular weight is 518 g/mol. The van der Waals surface area contributed by atoms with Crippen LogP contribution in [0.5, 0.6) is 11.5 Å². The molecule has 0 aliphatic carbocycles. The highest BCUT2D eigenvalue weighted by Gasteiger charge is 2.12. The summed E-state index contributed by atoms with van der Waals surface area (Å²) in [5.74, 6) is 1.15. The normalized spacial score (nSPS) is 10.1. The third-order valence-corrected chi connectivity index (χ3v) is 4.98. The number of nitrogens with one attached hydrogen (secondary N) is 2. The van der Waals surface area contributed by atoms with Gasteiger partial charge < -0.3 is 14.8 Å². The minimum Gasteiger partial charge on any atom is -0.490 e. The molecule has 0 spiro atoms. The molecule has 0 saturated heterocycles. The van der Waals surface area contributed by atoms with Crippen molar-refractivity contribution < 1.29 is 14.3 Å². The number of ether oxygens (including phenoxy) is 2. The first-order valence-electron chi connectivity index (χ1n) is 8.90. The predicted molar refractivity (Wildman–Crippen MR) is 127 cm³/mol. The second-order valence-corrected chi connectivity index (χ2v) is 7.46. The molecule has 148 valence electrons. The minimum absolute atomic E-state index is 0.200. The average Bonchev–Trinajstić information content (AvgIpc) is 2.73. The number of rotatable bonds is 7. The van der Waals surface area contributed by atoms with Crippen molar-refractivity contribution in [2.45, 2.75) is 0 Å². The van der Waals surface area contributed by atoms with Crippen LogP contribution in [0.2, 0.25) is 0 Å². The van der Waals surface area contributed by atoms with Crippen molar-refractivity contribution in [2.75, 3.05) is 18.5 Å². The second-order valence-electron chi connectivity index (χ2n) is 5.89. The maximum atomic E-state index is 12.4. The topological polar surface area (TPSA) is 59.6 Å². The third kappa shape index (κ3) is 6.43. The molecule has 3 rings (SSSR count). The van der Waals surface area contributed by atoms with E-state index in [4.69, 9.17) is 21.7 Å². The summed E-state index contributed by atoms with van der Waals surface area (Å²) >= 11 is 7.41. The number of amides is 1. The van der Waals surface area contributed by atoms with E-state index in [-0.39, 0.29) is 11.0 Å². The van der Waals surface area contributed by atoms with Crippen LogP contribution in [0.3, 0.4) is 0 Å². The molecule has 5 nitrogen and oxygen atoms in total. The maximum Gasteiger partial charge on any atom is 0.258 e. The lowest BCUT2D eigenvalue weighted by atomic mass is 10.2. The van der Waals surface area contributed by atoms with Crippen molar-refractivity contribution in [2.24, 2.45) is 0 Å². The number of carbonyl (C=O) groups is 1. The van der Waals surface area contributed by atoms with Crippen molar-refractivity contribution in [3.63, 3.8) is 0 Å². The Morgan fingerprint density at radius 3 is 2.31 bits per heavy atom. The zero-order chi connectivity index (χ0) is 20.5. The lowest BCUT2D eigenvalue weighted by Crippen LogP contribution is -2.34. The van der Waals surface area contributed by atoms with E-state index in [0.29, 0.717) is 30.2 Å². The van der Waals surface area contributed by atoms with Gasteiger partial charge in [0.15, 0.2) is 5.11 Å². The van der Waals surface area contributed by atoms with Gasteiger partial charge in [0.1, 0.15) is 24.7 Å². The highest BCUT2D eigenvalue weighted by molar-refractivity contribution is 14.1. The fourth-order valence-electron chi connectivity index (χ4n) is 2.49. The van der Waals surface area contributed by atoms with E-state index in [2.05, 4.69) is 33.2 Å². The smallest absolute Gasteiger partial charge is 0.258 e. The molecule has 0 atom stereocenters. The largest absolute Gasteiger partial charge is 0.490 e. The molecule has 29 heavy (non-hydrogen) atoms.